The number of nitrogens with one attached hydrogen (secondary N) is 1. The lowest BCUT2D eigenvalue weighted by molar-refractivity contribution is 0.00430. The second-order valence-electron chi connectivity index (χ2n) is 6.20. The second-order valence-corrected chi connectivity index (χ2v) is 6.20. The summed E-state index contributed by atoms with van der Waals surface area (Å²) in [5, 5.41) is 11.8. The molecule has 1 aromatic rings. The number of rotatable bonds is 7. The highest BCUT2D eigenvalue weighted by Crippen LogP contribution is 2.16. The molecule has 1 unspecified atom stereocenters. The number of piperidine rings is 1. The van der Waals surface area contributed by atoms with Gasteiger partial charge in [0.05, 0.1) is 12.7 Å². The number of nitrogens with zero attached hydrogens (tertiary/aromatic N) is 1. The van der Waals surface area contributed by atoms with Gasteiger partial charge in [-0.3, -0.25) is 0 Å². The highest BCUT2D eigenvalue weighted by molar-refractivity contribution is 5.74. The number of ether oxygens (including phenoxy) is 1. The van der Waals surface area contributed by atoms with Gasteiger partial charge in [-0.25, -0.2) is 4.79 Å². The Morgan fingerprint density at radius 1 is 1.35 bits per heavy atom. The van der Waals surface area contributed by atoms with Gasteiger partial charge < -0.3 is 20.1 Å². The van der Waals surface area contributed by atoms with Gasteiger partial charge >= 0.3 is 6.03 Å². The third-order valence-electron chi connectivity index (χ3n) is 4.22. The van der Waals surface area contributed by atoms with Crippen LogP contribution in [0.15, 0.2) is 30.3 Å². The minimum absolute atomic E-state index is 0.00282. The molecule has 0 bridgehead atoms. The van der Waals surface area contributed by atoms with Crippen molar-refractivity contribution in [3.8, 4) is 0 Å². The lowest BCUT2D eigenvalue weighted by Crippen LogP contribution is -2.48. The van der Waals surface area contributed by atoms with Crippen molar-refractivity contribution < 1.29 is 14.6 Å². The summed E-state index contributed by atoms with van der Waals surface area (Å²) in [6.07, 6.45) is 3.51. The first-order chi connectivity index (χ1) is 11.2. The van der Waals surface area contributed by atoms with Gasteiger partial charge in [-0.15, -0.1) is 0 Å². The fourth-order valence-electron chi connectivity index (χ4n) is 2.79. The van der Waals surface area contributed by atoms with Gasteiger partial charge in [-0.2, -0.15) is 0 Å². The lowest BCUT2D eigenvalue weighted by atomic mass is 10.1. The summed E-state index contributed by atoms with van der Waals surface area (Å²) in [7, 11) is 0. The maximum absolute atomic E-state index is 12.2. The first kappa shape index (κ1) is 17.8. The number of amides is 2. The molecule has 1 aromatic carbocycles. The van der Waals surface area contributed by atoms with Crippen LogP contribution in [0.5, 0.6) is 0 Å². The molecule has 0 aromatic heterocycles. The summed E-state index contributed by atoms with van der Waals surface area (Å²) in [6, 6.07) is 10.3. The average Bonchev–Trinajstić information content (AvgIpc) is 2.59. The molecule has 1 saturated heterocycles. The number of aliphatic hydroxyl groups is 1. The number of benzene rings is 1. The molecule has 1 fully saturated rings. The minimum Gasteiger partial charge on any atom is -0.396 e. The van der Waals surface area contributed by atoms with Crippen LogP contribution >= 0.6 is 0 Å². The van der Waals surface area contributed by atoms with Crippen LogP contribution in [-0.4, -0.2) is 47.9 Å². The Balaban J connectivity index is 1.66. The van der Waals surface area contributed by atoms with Crippen molar-refractivity contribution in [1.82, 2.24) is 10.2 Å². The molecule has 0 aliphatic carbocycles. The van der Waals surface area contributed by atoms with E-state index in [1.807, 2.05) is 30.0 Å². The molecule has 1 aliphatic rings. The Morgan fingerprint density at radius 2 is 2.04 bits per heavy atom. The number of hydrogen-bond acceptors (Lipinski definition) is 3. The zero-order chi connectivity index (χ0) is 16.5. The lowest BCUT2D eigenvalue weighted by Gasteiger charge is -2.32. The quantitative estimate of drug-likeness (QED) is 0.811. The van der Waals surface area contributed by atoms with Crippen LogP contribution in [0.1, 0.15) is 38.2 Å². The fraction of sp³-hybridized carbons (Fsp3) is 0.611. The number of urea groups is 1. The number of aliphatic hydroxyl groups excluding tert-OH is 1. The van der Waals surface area contributed by atoms with E-state index in [2.05, 4.69) is 17.4 Å². The van der Waals surface area contributed by atoms with E-state index in [0.717, 1.165) is 38.8 Å². The van der Waals surface area contributed by atoms with Crippen LogP contribution in [0.4, 0.5) is 4.79 Å². The minimum atomic E-state index is -0.00282. The molecule has 1 atom stereocenters. The maximum Gasteiger partial charge on any atom is 0.317 e. The summed E-state index contributed by atoms with van der Waals surface area (Å²) < 4.78 is 5.95. The molecule has 5 nitrogen and oxygen atoms in total. The monoisotopic (exact) mass is 320 g/mol. The van der Waals surface area contributed by atoms with E-state index in [1.165, 1.54) is 5.56 Å². The Kier molecular flexibility index (Phi) is 7.36. The molecular weight excluding hydrogens is 292 g/mol. The predicted octanol–water partition coefficient (Wildman–Crippen LogP) is 2.54. The van der Waals surface area contributed by atoms with E-state index in [4.69, 9.17) is 9.84 Å². The Morgan fingerprint density at radius 3 is 2.70 bits per heavy atom. The van der Waals surface area contributed by atoms with Gasteiger partial charge in [0.1, 0.15) is 0 Å². The molecule has 0 spiro atoms. The summed E-state index contributed by atoms with van der Waals surface area (Å²) in [5.41, 5.74) is 1.19. The van der Waals surface area contributed by atoms with E-state index in [0.29, 0.717) is 6.61 Å². The van der Waals surface area contributed by atoms with E-state index >= 15 is 0 Å². The smallest absolute Gasteiger partial charge is 0.317 e. The van der Waals surface area contributed by atoms with Crippen LogP contribution in [0.2, 0.25) is 0 Å². The summed E-state index contributed by atoms with van der Waals surface area (Å²) in [5.74, 6) is 0. The predicted molar refractivity (Wildman–Crippen MR) is 90.1 cm³/mol. The first-order valence-corrected chi connectivity index (χ1v) is 8.51. The largest absolute Gasteiger partial charge is 0.396 e. The highest BCUT2D eigenvalue weighted by Gasteiger charge is 2.23. The number of likely N-dealkylation sites (tertiary alicyclic amines) is 1. The number of carbonyl (C=O) groups is 1. The van der Waals surface area contributed by atoms with Crippen molar-refractivity contribution in [2.75, 3.05) is 19.7 Å². The summed E-state index contributed by atoms with van der Waals surface area (Å²) >= 11 is 0. The Hall–Kier alpha value is -1.59. The van der Waals surface area contributed by atoms with Crippen LogP contribution < -0.4 is 5.32 Å². The van der Waals surface area contributed by atoms with Gasteiger partial charge in [-0.1, -0.05) is 30.3 Å². The molecule has 0 saturated carbocycles. The van der Waals surface area contributed by atoms with E-state index < -0.39 is 0 Å². The summed E-state index contributed by atoms with van der Waals surface area (Å²) in [6.45, 7) is 4.25. The molecule has 2 amide bonds. The van der Waals surface area contributed by atoms with Crippen LogP contribution in [0, 0.1) is 0 Å². The second kappa shape index (κ2) is 9.53. The topological polar surface area (TPSA) is 61.8 Å². The molecule has 23 heavy (non-hydrogen) atoms. The molecular formula is C18H28N2O3. The SMILES string of the molecule is CC(CCCO)NC(=O)N1CCC(OCc2ccccc2)CC1. The molecule has 2 rings (SSSR count). The Labute approximate surface area is 138 Å². The van der Waals surface area contributed by atoms with Crippen molar-refractivity contribution in [3.63, 3.8) is 0 Å². The van der Waals surface area contributed by atoms with Gasteiger partial charge in [0.2, 0.25) is 0 Å². The van der Waals surface area contributed by atoms with E-state index in [-0.39, 0.29) is 24.8 Å². The summed E-state index contributed by atoms with van der Waals surface area (Å²) in [4.78, 5) is 14.0. The first-order valence-electron chi connectivity index (χ1n) is 8.51. The van der Waals surface area contributed by atoms with Crippen LogP contribution in [0.3, 0.4) is 0 Å². The van der Waals surface area contributed by atoms with Crippen molar-refractivity contribution in [3.05, 3.63) is 35.9 Å². The van der Waals surface area contributed by atoms with Crippen molar-refractivity contribution in [1.29, 1.82) is 0 Å². The zero-order valence-corrected chi connectivity index (χ0v) is 13.9. The third-order valence-corrected chi connectivity index (χ3v) is 4.22. The molecule has 1 aliphatic heterocycles. The van der Waals surface area contributed by atoms with Crippen LogP contribution in [0.25, 0.3) is 0 Å². The van der Waals surface area contributed by atoms with Crippen LogP contribution in [-0.2, 0) is 11.3 Å². The Bertz CT molecular complexity index is 459. The standard InChI is InChI=1S/C18H28N2O3/c1-15(6-5-13-21)19-18(22)20-11-9-17(10-12-20)23-14-16-7-3-2-4-8-16/h2-4,7-8,15,17,21H,5-6,9-14H2,1H3,(H,19,22). The number of hydrogen-bond donors (Lipinski definition) is 2. The fourth-order valence-corrected chi connectivity index (χ4v) is 2.79. The van der Waals surface area contributed by atoms with Crippen molar-refractivity contribution >= 4 is 6.03 Å². The molecule has 128 valence electrons. The van der Waals surface area contributed by atoms with Crippen molar-refractivity contribution in [2.24, 2.45) is 0 Å². The van der Waals surface area contributed by atoms with Crippen molar-refractivity contribution in [2.45, 2.75) is 51.4 Å². The normalized spacial score (nSPS) is 17.0. The van der Waals surface area contributed by atoms with Gasteiger partial charge in [0.25, 0.3) is 0 Å². The van der Waals surface area contributed by atoms with E-state index in [9.17, 15) is 4.79 Å². The zero-order valence-electron chi connectivity index (χ0n) is 13.9. The molecule has 2 N–H and O–H groups in total. The third kappa shape index (κ3) is 6.20. The van der Waals surface area contributed by atoms with Gasteiger partial charge in [0.15, 0.2) is 0 Å². The molecule has 1 heterocycles. The highest BCUT2D eigenvalue weighted by atomic mass is 16.5. The van der Waals surface area contributed by atoms with Gasteiger partial charge in [0, 0.05) is 25.7 Å². The maximum atomic E-state index is 12.2. The van der Waals surface area contributed by atoms with Gasteiger partial charge in [-0.05, 0) is 38.2 Å². The van der Waals surface area contributed by atoms with E-state index in [1.54, 1.807) is 0 Å². The molecule has 5 heteroatoms. The average molecular weight is 320 g/mol. The molecule has 0 radical (unpaired) electrons. The number of carbonyl (C=O) groups excluding carboxylic acids is 1.